The van der Waals surface area contributed by atoms with Crippen molar-refractivity contribution in [1.29, 1.82) is 0 Å². The Morgan fingerprint density at radius 1 is 1.38 bits per heavy atom. The molecule has 0 spiro atoms. The number of aliphatic hydroxyl groups excluding tert-OH is 1. The van der Waals surface area contributed by atoms with Crippen LogP contribution in [0, 0.1) is 18.7 Å². The number of sulfonamides is 1. The Morgan fingerprint density at radius 2 is 2.00 bits per heavy atom. The zero-order chi connectivity index (χ0) is 15.6. The van der Waals surface area contributed by atoms with E-state index in [0.717, 1.165) is 25.7 Å². The molecule has 0 bridgehead atoms. The number of halogens is 1. The van der Waals surface area contributed by atoms with Crippen molar-refractivity contribution in [3.63, 3.8) is 0 Å². The summed E-state index contributed by atoms with van der Waals surface area (Å²) in [6.07, 6.45) is 4.35. The Hall–Kier alpha value is -0.980. The van der Waals surface area contributed by atoms with Crippen LogP contribution in [0.25, 0.3) is 0 Å². The Bertz CT molecular complexity index is 610. The first-order valence-corrected chi connectivity index (χ1v) is 8.75. The summed E-state index contributed by atoms with van der Waals surface area (Å²) in [7, 11) is -3.70. The van der Waals surface area contributed by atoms with E-state index in [9.17, 15) is 12.8 Å². The van der Waals surface area contributed by atoms with E-state index in [-0.39, 0.29) is 22.1 Å². The van der Waals surface area contributed by atoms with Crippen molar-refractivity contribution in [2.75, 3.05) is 0 Å². The van der Waals surface area contributed by atoms with Gasteiger partial charge in [-0.25, -0.2) is 17.5 Å². The standard InChI is InChI=1S/C15H22FNO3S/c1-10-7-14(8-13(9-18)15(10)16)21(19,20)17-11(2)12-5-3-4-6-12/h7-8,11-12,17-18H,3-6,9H2,1-2H3. The van der Waals surface area contributed by atoms with Gasteiger partial charge in [-0.3, -0.25) is 0 Å². The summed E-state index contributed by atoms with van der Waals surface area (Å²) in [6.45, 7) is 2.85. The fourth-order valence-electron chi connectivity index (χ4n) is 2.94. The van der Waals surface area contributed by atoms with E-state index < -0.39 is 22.4 Å². The van der Waals surface area contributed by atoms with Crippen molar-refractivity contribution in [2.24, 2.45) is 5.92 Å². The fraction of sp³-hybridized carbons (Fsp3) is 0.600. The van der Waals surface area contributed by atoms with Crippen LogP contribution in [-0.4, -0.2) is 19.6 Å². The minimum Gasteiger partial charge on any atom is -0.392 e. The molecule has 1 aliphatic rings. The van der Waals surface area contributed by atoms with Gasteiger partial charge in [-0.15, -0.1) is 0 Å². The number of aryl methyl sites for hydroxylation is 1. The highest BCUT2D eigenvalue weighted by atomic mass is 32.2. The van der Waals surface area contributed by atoms with Crippen LogP contribution < -0.4 is 4.72 Å². The second kappa shape index (κ2) is 6.42. The van der Waals surface area contributed by atoms with Crippen LogP contribution in [0.3, 0.4) is 0 Å². The minimum atomic E-state index is -3.70. The van der Waals surface area contributed by atoms with Crippen LogP contribution in [0.1, 0.15) is 43.7 Å². The maximum Gasteiger partial charge on any atom is 0.240 e. The SMILES string of the molecule is Cc1cc(S(=O)(=O)NC(C)C2CCCC2)cc(CO)c1F. The van der Waals surface area contributed by atoms with Crippen LogP contribution in [0.5, 0.6) is 0 Å². The second-order valence-electron chi connectivity index (χ2n) is 5.83. The molecule has 2 rings (SSSR count). The minimum absolute atomic E-state index is 0.00361. The number of nitrogens with one attached hydrogen (secondary N) is 1. The molecule has 0 saturated heterocycles. The lowest BCUT2D eigenvalue weighted by Gasteiger charge is -2.20. The first-order valence-electron chi connectivity index (χ1n) is 7.27. The average molecular weight is 315 g/mol. The molecule has 1 aliphatic carbocycles. The molecule has 0 aliphatic heterocycles. The zero-order valence-corrected chi connectivity index (χ0v) is 13.2. The molecule has 21 heavy (non-hydrogen) atoms. The molecule has 1 saturated carbocycles. The summed E-state index contributed by atoms with van der Waals surface area (Å²) in [4.78, 5) is 0.00953. The first kappa shape index (κ1) is 16.4. The van der Waals surface area contributed by atoms with Gasteiger partial charge in [0.25, 0.3) is 0 Å². The van der Waals surface area contributed by atoms with Gasteiger partial charge < -0.3 is 5.11 Å². The van der Waals surface area contributed by atoms with E-state index in [1.807, 2.05) is 6.92 Å². The molecule has 0 aromatic heterocycles. The first-order chi connectivity index (χ1) is 9.85. The summed E-state index contributed by atoms with van der Waals surface area (Å²) in [5, 5.41) is 9.13. The van der Waals surface area contributed by atoms with Crippen LogP contribution >= 0.6 is 0 Å². The molecule has 2 N–H and O–H groups in total. The van der Waals surface area contributed by atoms with Gasteiger partial charge in [0.2, 0.25) is 10.0 Å². The Morgan fingerprint density at radius 3 is 2.57 bits per heavy atom. The molecule has 0 radical (unpaired) electrons. The summed E-state index contributed by atoms with van der Waals surface area (Å²) >= 11 is 0. The third-order valence-corrected chi connectivity index (χ3v) is 5.77. The molecule has 0 heterocycles. The lowest BCUT2D eigenvalue weighted by Crippen LogP contribution is -2.37. The van der Waals surface area contributed by atoms with Crippen molar-refractivity contribution in [3.8, 4) is 0 Å². The van der Waals surface area contributed by atoms with Gasteiger partial charge in [0.05, 0.1) is 11.5 Å². The molecule has 1 aromatic carbocycles. The van der Waals surface area contributed by atoms with E-state index >= 15 is 0 Å². The molecule has 0 amide bonds. The number of aliphatic hydroxyl groups is 1. The maximum absolute atomic E-state index is 13.7. The summed E-state index contributed by atoms with van der Waals surface area (Å²) in [6, 6.07) is 2.37. The highest BCUT2D eigenvalue weighted by Crippen LogP contribution is 2.28. The molecule has 1 unspecified atom stereocenters. The second-order valence-corrected chi connectivity index (χ2v) is 7.54. The van der Waals surface area contributed by atoms with Gasteiger partial charge in [-0.2, -0.15) is 0 Å². The van der Waals surface area contributed by atoms with E-state index in [1.165, 1.54) is 19.1 Å². The lowest BCUT2D eigenvalue weighted by molar-refractivity contribution is 0.275. The van der Waals surface area contributed by atoms with Gasteiger partial charge in [0.1, 0.15) is 5.82 Å². The predicted molar refractivity (Wildman–Crippen MR) is 78.8 cm³/mol. The smallest absolute Gasteiger partial charge is 0.240 e. The van der Waals surface area contributed by atoms with Gasteiger partial charge >= 0.3 is 0 Å². The van der Waals surface area contributed by atoms with Crippen LogP contribution in [0.4, 0.5) is 4.39 Å². The maximum atomic E-state index is 13.7. The van der Waals surface area contributed by atoms with Crippen molar-refractivity contribution >= 4 is 10.0 Å². The Kier molecular flexibility index (Phi) is 5.01. The summed E-state index contributed by atoms with van der Waals surface area (Å²) in [5.41, 5.74) is 0.222. The highest BCUT2D eigenvalue weighted by Gasteiger charge is 2.26. The molecule has 1 fully saturated rings. The average Bonchev–Trinajstić information content (AvgIpc) is 2.95. The van der Waals surface area contributed by atoms with Crippen LogP contribution in [0.2, 0.25) is 0 Å². The molecule has 118 valence electrons. The zero-order valence-electron chi connectivity index (χ0n) is 12.4. The number of benzene rings is 1. The van der Waals surface area contributed by atoms with E-state index in [0.29, 0.717) is 5.92 Å². The topological polar surface area (TPSA) is 66.4 Å². The molecule has 1 atom stereocenters. The third-order valence-electron chi connectivity index (χ3n) is 4.23. The predicted octanol–water partition coefficient (Wildman–Crippen LogP) is 2.48. The molecular formula is C15H22FNO3S. The van der Waals surface area contributed by atoms with Gasteiger partial charge in [-0.05, 0) is 50.3 Å². The Balaban J connectivity index is 2.24. The summed E-state index contributed by atoms with van der Waals surface area (Å²) < 4.78 is 41.2. The van der Waals surface area contributed by atoms with Crippen molar-refractivity contribution in [3.05, 3.63) is 29.1 Å². The molecule has 4 nitrogen and oxygen atoms in total. The van der Waals surface area contributed by atoms with Crippen LogP contribution in [-0.2, 0) is 16.6 Å². The third kappa shape index (κ3) is 3.62. The van der Waals surface area contributed by atoms with Crippen molar-refractivity contribution in [2.45, 2.75) is 57.1 Å². The van der Waals surface area contributed by atoms with Crippen molar-refractivity contribution < 1.29 is 17.9 Å². The molecule has 1 aromatic rings. The van der Waals surface area contributed by atoms with Crippen LogP contribution in [0.15, 0.2) is 17.0 Å². The number of rotatable bonds is 5. The fourth-order valence-corrected chi connectivity index (χ4v) is 4.39. The number of hydrogen-bond acceptors (Lipinski definition) is 3. The molecular weight excluding hydrogens is 293 g/mol. The molecule has 6 heteroatoms. The van der Waals surface area contributed by atoms with E-state index in [4.69, 9.17) is 5.11 Å². The van der Waals surface area contributed by atoms with Gasteiger partial charge in [0, 0.05) is 11.6 Å². The van der Waals surface area contributed by atoms with E-state index in [1.54, 1.807) is 0 Å². The summed E-state index contributed by atoms with van der Waals surface area (Å²) in [5.74, 6) is -0.195. The van der Waals surface area contributed by atoms with E-state index in [2.05, 4.69) is 4.72 Å². The number of hydrogen-bond donors (Lipinski definition) is 2. The van der Waals surface area contributed by atoms with Gasteiger partial charge in [-0.1, -0.05) is 12.8 Å². The normalized spacial score (nSPS) is 18.1. The largest absolute Gasteiger partial charge is 0.392 e. The Labute approximate surface area is 125 Å². The highest BCUT2D eigenvalue weighted by molar-refractivity contribution is 7.89. The van der Waals surface area contributed by atoms with Gasteiger partial charge in [0.15, 0.2) is 0 Å². The van der Waals surface area contributed by atoms with Crippen molar-refractivity contribution in [1.82, 2.24) is 4.72 Å². The lowest BCUT2D eigenvalue weighted by atomic mass is 10.0. The monoisotopic (exact) mass is 315 g/mol. The quantitative estimate of drug-likeness (QED) is 0.877.